The van der Waals surface area contributed by atoms with E-state index in [1.54, 1.807) is 17.0 Å². The van der Waals surface area contributed by atoms with Crippen LogP contribution < -0.4 is 9.80 Å². The van der Waals surface area contributed by atoms with E-state index in [1.807, 2.05) is 46.6 Å². The first-order valence-corrected chi connectivity index (χ1v) is 14.5. The van der Waals surface area contributed by atoms with Crippen LogP contribution >= 0.6 is 11.3 Å². The highest BCUT2D eigenvalue weighted by atomic mass is 32.1. The summed E-state index contributed by atoms with van der Waals surface area (Å²) >= 11 is 1.29. The van der Waals surface area contributed by atoms with Gasteiger partial charge in [-0.2, -0.15) is 5.26 Å². The van der Waals surface area contributed by atoms with Crippen LogP contribution in [0.2, 0.25) is 0 Å². The highest BCUT2D eigenvalue weighted by Gasteiger charge is 2.28. The van der Waals surface area contributed by atoms with Crippen LogP contribution in [0.4, 0.5) is 25.7 Å². The summed E-state index contributed by atoms with van der Waals surface area (Å²) in [5.74, 6) is 0.490. The molecule has 4 aromatic rings. The number of nitrogens with zero attached hydrogens (tertiary/aromatic N) is 5. The third kappa shape index (κ3) is 5.72. The fourth-order valence-electron chi connectivity index (χ4n) is 5.08. The van der Waals surface area contributed by atoms with Gasteiger partial charge in [0.1, 0.15) is 39.4 Å². The van der Waals surface area contributed by atoms with Crippen LogP contribution in [-0.2, 0) is 11.2 Å². The number of aromatic nitrogens is 1. The zero-order valence-corrected chi connectivity index (χ0v) is 25.1. The molecule has 0 bridgehead atoms. The number of piperazine rings is 1. The number of hydrogen-bond donors (Lipinski definition) is 0. The van der Waals surface area contributed by atoms with Crippen molar-refractivity contribution in [1.82, 2.24) is 9.88 Å². The van der Waals surface area contributed by atoms with Crippen LogP contribution in [0.15, 0.2) is 40.8 Å². The van der Waals surface area contributed by atoms with Crippen molar-refractivity contribution in [3.8, 4) is 17.3 Å². The molecule has 0 aliphatic carbocycles. The fourth-order valence-corrected chi connectivity index (χ4v) is 5.93. The lowest BCUT2D eigenvalue weighted by Gasteiger charge is -2.37. The highest BCUT2D eigenvalue weighted by molar-refractivity contribution is 7.16. The molecule has 1 aliphatic rings. The second-order valence-electron chi connectivity index (χ2n) is 11.2. The first-order valence-electron chi connectivity index (χ1n) is 13.7. The SMILES string of the molecule is CCc1oc2c(C)cc(N3CCN(C(=O)OC(C)(C)C)CC3)cc2c1N(C)c1nc(-c2ccc(F)cc2)c(C#N)s1. The van der Waals surface area contributed by atoms with Crippen molar-refractivity contribution in [3.05, 3.63) is 58.4 Å². The van der Waals surface area contributed by atoms with Gasteiger partial charge in [0, 0.05) is 56.3 Å². The Labute approximate surface area is 243 Å². The number of furan rings is 1. The molecule has 0 saturated carbocycles. The minimum atomic E-state index is -0.526. The number of nitriles is 1. The molecule has 5 rings (SSSR count). The Bertz CT molecular complexity index is 1620. The lowest BCUT2D eigenvalue weighted by atomic mass is 10.1. The molecule has 0 radical (unpaired) electrons. The van der Waals surface area contributed by atoms with Crippen molar-refractivity contribution in [2.45, 2.75) is 46.6 Å². The topological polar surface area (TPSA) is 85.8 Å². The molecule has 10 heteroatoms. The number of rotatable bonds is 5. The Hall–Kier alpha value is -4.10. The summed E-state index contributed by atoms with van der Waals surface area (Å²) in [5.41, 5.74) is 4.49. The third-order valence-corrected chi connectivity index (χ3v) is 8.12. The summed E-state index contributed by atoms with van der Waals surface area (Å²) in [6.07, 6.45) is 0.397. The lowest BCUT2D eigenvalue weighted by molar-refractivity contribution is 0.0240. The summed E-state index contributed by atoms with van der Waals surface area (Å²) < 4.78 is 25.4. The first-order chi connectivity index (χ1) is 19.5. The van der Waals surface area contributed by atoms with Gasteiger partial charge < -0.3 is 23.9 Å². The average Bonchev–Trinajstić information content (AvgIpc) is 3.54. The smallest absolute Gasteiger partial charge is 0.410 e. The minimum absolute atomic E-state index is 0.282. The largest absolute Gasteiger partial charge is 0.459 e. The third-order valence-electron chi connectivity index (χ3n) is 7.08. The molecule has 0 atom stereocenters. The van der Waals surface area contributed by atoms with E-state index in [-0.39, 0.29) is 11.9 Å². The van der Waals surface area contributed by atoms with Gasteiger partial charge in [-0.1, -0.05) is 18.3 Å². The van der Waals surface area contributed by atoms with E-state index in [0.29, 0.717) is 53.9 Å². The molecule has 0 unspecified atom stereocenters. The summed E-state index contributed by atoms with van der Waals surface area (Å²) in [6.45, 7) is 12.2. The maximum atomic E-state index is 13.5. The van der Waals surface area contributed by atoms with Gasteiger partial charge in [-0.15, -0.1) is 0 Å². The normalized spacial score (nSPS) is 13.9. The van der Waals surface area contributed by atoms with E-state index >= 15 is 0 Å². The van der Waals surface area contributed by atoms with Crippen LogP contribution in [0.1, 0.15) is 43.9 Å². The first kappa shape index (κ1) is 28.4. The molecule has 1 amide bonds. The van der Waals surface area contributed by atoms with Crippen molar-refractivity contribution in [2.75, 3.05) is 43.0 Å². The maximum Gasteiger partial charge on any atom is 0.410 e. The highest BCUT2D eigenvalue weighted by Crippen LogP contribution is 2.43. The Kier molecular flexibility index (Phi) is 7.66. The van der Waals surface area contributed by atoms with Gasteiger partial charge in [-0.3, -0.25) is 0 Å². The van der Waals surface area contributed by atoms with Crippen LogP contribution in [-0.4, -0.2) is 54.8 Å². The number of benzene rings is 2. The Morgan fingerprint density at radius 2 is 1.88 bits per heavy atom. The lowest BCUT2D eigenvalue weighted by Crippen LogP contribution is -2.50. The molecule has 1 aliphatic heterocycles. The number of carbonyl (C=O) groups is 1. The van der Waals surface area contributed by atoms with Gasteiger partial charge in [-0.25, -0.2) is 14.2 Å². The molecule has 2 aromatic carbocycles. The van der Waals surface area contributed by atoms with E-state index in [9.17, 15) is 14.4 Å². The predicted octanol–water partition coefficient (Wildman–Crippen LogP) is 7.26. The van der Waals surface area contributed by atoms with Gasteiger partial charge in [0.25, 0.3) is 0 Å². The molecule has 1 fully saturated rings. The minimum Gasteiger partial charge on any atom is -0.459 e. The standard InChI is InChI=1S/C31H34FN5O3S/c1-7-24-27(35(6)29-34-26(25(18-33)41-29)20-8-10-21(32)11-9-20)23-17-22(16-19(2)28(23)39-24)36-12-14-37(15-13-36)30(38)40-31(3,4)5/h8-11,16-17H,7,12-15H2,1-6H3. The molecular weight excluding hydrogens is 541 g/mol. The predicted molar refractivity (Wildman–Crippen MR) is 161 cm³/mol. The second-order valence-corrected chi connectivity index (χ2v) is 12.2. The monoisotopic (exact) mass is 575 g/mol. The molecule has 41 heavy (non-hydrogen) atoms. The van der Waals surface area contributed by atoms with E-state index in [4.69, 9.17) is 14.1 Å². The van der Waals surface area contributed by atoms with E-state index in [1.165, 1.54) is 23.5 Å². The molecule has 8 nitrogen and oxygen atoms in total. The number of fused-ring (bicyclic) bond motifs is 1. The van der Waals surface area contributed by atoms with Crippen LogP contribution in [0.5, 0.6) is 0 Å². The van der Waals surface area contributed by atoms with Crippen molar-refractivity contribution in [1.29, 1.82) is 5.26 Å². The van der Waals surface area contributed by atoms with Crippen molar-refractivity contribution < 1.29 is 18.3 Å². The molecule has 1 saturated heterocycles. The maximum absolute atomic E-state index is 13.5. The van der Waals surface area contributed by atoms with E-state index in [0.717, 1.165) is 33.7 Å². The molecule has 2 aromatic heterocycles. The number of anilines is 3. The molecular formula is C31H34FN5O3S. The Morgan fingerprint density at radius 3 is 2.49 bits per heavy atom. The second kappa shape index (κ2) is 11.1. The molecule has 0 N–H and O–H groups in total. The number of aryl methyl sites for hydroxylation is 2. The van der Waals surface area contributed by atoms with Gasteiger partial charge in [0.15, 0.2) is 5.13 Å². The van der Waals surface area contributed by atoms with Crippen LogP contribution in [0.3, 0.4) is 0 Å². The van der Waals surface area contributed by atoms with E-state index < -0.39 is 5.60 Å². The summed E-state index contributed by atoms with van der Waals surface area (Å²) in [7, 11) is 1.93. The zero-order chi connectivity index (χ0) is 29.5. The summed E-state index contributed by atoms with van der Waals surface area (Å²) in [5, 5.41) is 11.4. The van der Waals surface area contributed by atoms with Crippen LogP contribution in [0, 0.1) is 24.1 Å². The van der Waals surface area contributed by atoms with Crippen molar-refractivity contribution in [2.24, 2.45) is 0 Å². The number of carbonyl (C=O) groups excluding carboxylic acids is 1. The van der Waals surface area contributed by atoms with Gasteiger partial charge in [0.2, 0.25) is 0 Å². The van der Waals surface area contributed by atoms with Crippen LogP contribution in [0.25, 0.3) is 22.2 Å². The number of thiazole rings is 1. The average molecular weight is 576 g/mol. The van der Waals surface area contributed by atoms with Crippen molar-refractivity contribution in [3.63, 3.8) is 0 Å². The summed E-state index contributed by atoms with van der Waals surface area (Å²) in [6, 6.07) is 12.5. The quantitative estimate of drug-likeness (QED) is 0.247. The summed E-state index contributed by atoms with van der Waals surface area (Å²) in [4.78, 5) is 23.8. The van der Waals surface area contributed by atoms with E-state index in [2.05, 4.69) is 23.1 Å². The number of amides is 1. The zero-order valence-electron chi connectivity index (χ0n) is 24.2. The number of ether oxygens (including phenoxy) is 1. The van der Waals surface area contributed by atoms with Gasteiger partial charge in [0.05, 0.1) is 5.69 Å². The Morgan fingerprint density at radius 1 is 1.20 bits per heavy atom. The van der Waals surface area contributed by atoms with Gasteiger partial charge >= 0.3 is 6.09 Å². The molecule has 3 heterocycles. The molecule has 214 valence electrons. The Balaban J connectivity index is 1.47. The number of hydrogen-bond acceptors (Lipinski definition) is 8. The van der Waals surface area contributed by atoms with Gasteiger partial charge in [-0.05, 0) is 69.7 Å². The molecule has 0 spiro atoms. The van der Waals surface area contributed by atoms with Crippen molar-refractivity contribution >= 4 is 44.9 Å². The fraction of sp³-hybridized carbons (Fsp3) is 0.387. The number of halogens is 1.